The fourth-order valence-electron chi connectivity index (χ4n) is 2.26. The van der Waals surface area contributed by atoms with Crippen LogP contribution in [0, 0.1) is 11.3 Å². The quantitative estimate of drug-likeness (QED) is 0.665. The maximum atomic E-state index is 10.8. The van der Waals surface area contributed by atoms with Gasteiger partial charge < -0.3 is 5.73 Å². The van der Waals surface area contributed by atoms with Crippen molar-refractivity contribution < 1.29 is 13.0 Å². The van der Waals surface area contributed by atoms with Gasteiger partial charge in [0.15, 0.2) is 0 Å². The fraction of sp³-hybridized carbons (Fsp3) is 1.00. The fourth-order valence-corrected chi connectivity index (χ4v) is 3.41. The molecule has 0 unspecified atom stereocenters. The highest BCUT2D eigenvalue weighted by Gasteiger charge is 2.39. The molecule has 0 aromatic carbocycles. The van der Waals surface area contributed by atoms with Crippen molar-refractivity contribution in [3.8, 4) is 0 Å². The Bertz CT molecular complexity index is 275. The molecule has 1 aliphatic rings. The van der Waals surface area contributed by atoms with Gasteiger partial charge in [-0.25, -0.2) is 0 Å². The van der Waals surface area contributed by atoms with Crippen molar-refractivity contribution in [1.82, 2.24) is 0 Å². The predicted molar refractivity (Wildman–Crippen MR) is 50.9 cm³/mol. The molecule has 0 spiro atoms. The summed E-state index contributed by atoms with van der Waals surface area (Å²) in [6, 6.07) is 0. The lowest BCUT2D eigenvalue weighted by molar-refractivity contribution is 0.327. The van der Waals surface area contributed by atoms with E-state index in [0.29, 0.717) is 12.5 Å². The van der Waals surface area contributed by atoms with Gasteiger partial charge in [0.2, 0.25) is 0 Å². The van der Waals surface area contributed by atoms with Crippen LogP contribution in [0.2, 0.25) is 0 Å². The number of hydrogen-bond donors (Lipinski definition) is 2. The molecule has 4 nitrogen and oxygen atoms in total. The van der Waals surface area contributed by atoms with Crippen LogP contribution >= 0.6 is 0 Å². The molecule has 0 bridgehead atoms. The lowest BCUT2D eigenvalue weighted by Crippen LogP contribution is -2.35. The molecule has 0 saturated heterocycles. The van der Waals surface area contributed by atoms with Gasteiger partial charge in [0.1, 0.15) is 0 Å². The van der Waals surface area contributed by atoms with Crippen LogP contribution in [0.4, 0.5) is 0 Å². The Morgan fingerprint density at radius 3 is 2.54 bits per heavy atom. The lowest BCUT2D eigenvalue weighted by atomic mass is 9.88. The Labute approximate surface area is 79.3 Å². The van der Waals surface area contributed by atoms with E-state index in [1.807, 2.05) is 0 Å². The molecule has 0 radical (unpaired) electrons. The Kier molecular flexibility index (Phi) is 2.99. The molecule has 3 N–H and O–H groups in total. The van der Waals surface area contributed by atoms with Crippen LogP contribution in [0.5, 0.6) is 0 Å². The molecule has 0 aromatic heterocycles. The smallest absolute Gasteiger partial charge is 0.265 e. The van der Waals surface area contributed by atoms with Gasteiger partial charge in [0.25, 0.3) is 10.1 Å². The highest BCUT2D eigenvalue weighted by molar-refractivity contribution is 7.85. The first-order valence-electron chi connectivity index (χ1n) is 4.52. The van der Waals surface area contributed by atoms with Crippen molar-refractivity contribution in [2.24, 2.45) is 17.1 Å². The molecule has 1 saturated carbocycles. The van der Waals surface area contributed by atoms with Crippen LogP contribution in [-0.4, -0.2) is 25.3 Å². The van der Waals surface area contributed by atoms with Gasteiger partial charge in [0, 0.05) is 0 Å². The maximum Gasteiger partial charge on any atom is 0.265 e. The van der Waals surface area contributed by atoms with E-state index in [1.165, 1.54) is 0 Å². The van der Waals surface area contributed by atoms with Crippen molar-refractivity contribution in [2.75, 3.05) is 12.3 Å². The molecule has 1 rings (SSSR count). The summed E-state index contributed by atoms with van der Waals surface area (Å²) in [5, 5.41) is 0. The van der Waals surface area contributed by atoms with Crippen molar-refractivity contribution in [3.05, 3.63) is 0 Å². The van der Waals surface area contributed by atoms with E-state index in [9.17, 15) is 8.42 Å². The maximum absolute atomic E-state index is 10.8. The van der Waals surface area contributed by atoms with E-state index in [0.717, 1.165) is 19.3 Å². The number of nitrogens with two attached hydrogens (primary N) is 1. The first-order chi connectivity index (χ1) is 5.87. The number of rotatable bonds is 3. The first-order valence-corrected chi connectivity index (χ1v) is 6.13. The van der Waals surface area contributed by atoms with Crippen LogP contribution in [0.25, 0.3) is 0 Å². The van der Waals surface area contributed by atoms with E-state index in [4.69, 9.17) is 10.3 Å². The molecule has 0 amide bonds. The monoisotopic (exact) mass is 207 g/mol. The van der Waals surface area contributed by atoms with Crippen LogP contribution in [-0.2, 0) is 10.1 Å². The third-order valence-electron chi connectivity index (χ3n) is 2.87. The Morgan fingerprint density at radius 2 is 2.23 bits per heavy atom. The summed E-state index contributed by atoms with van der Waals surface area (Å²) in [6.45, 7) is 2.43. The van der Waals surface area contributed by atoms with E-state index in [2.05, 4.69) is 6.92 Å². The molecular weight excluding hydrogens is 190 g/mol. The zero-order valence-electron chi connectivity index (χ0n) is 7.86. The van der Waals surface area contributed by atoms with Crippen LogP contribution < -0.4 is 5.73 Å². The van der Waals surface area contributed by atoms with Crippen LogP contribution in [0.3, 0.4) is 0 Å². The lowest BCUT2D eigenvalue weighted by Gasteiger charge is -2.25. The third-order valence-corrected chi connectivity index (χ3v) is 3.85. The van der Waals surface area contributed by atoms with Crippen molar-refractivity contribution in [1.29, 1.82) is 0 Å². The summed E-state index contributed by atoms with van der Waals surface area (Å²) in [4.78, 5) is 0. The van der Waals surface area contributed by atoms with Gasteiger partial charge in [-0.1, -0.05) is 13.3 Å². The summed E-state index contributed by atoms with van der Waals surface area (Å²) in [7, 11) is -3.88. The normalized spacial score (nSPS) is 35.2. The van der Waals surface area contributed by atoms with E-state index < -0.39 is 10.1 Å². The number of hydrogen-bond acceptors (Lipinski definition) is 3. The minimum atomic E-state index is -3.88. The molecule has 2 atom stereocenters. The zero-order chi connectivity index (χ0) is 10.1. The van der Waals surface area contributed by atoms with Gasteiger partial charge in [-0.3, -0.25) is 4.55 Å². The van der Waals surface area contributed by atoms with Gasteiger partial charge >= 0.3 is 0 Å². The highest BCUT2D eigenvalue weighted by atomic mass is 32.2. The van der Waals surface area contributed by atoms with Gasteiger partial charge in [-0.15, -0.1) is 0 Å². The molecule has 1 aliphatic carbocycles. The van der Waals surface area contributed by atoms with Gasteiger partial charge in [0.05, 0.1) is 5.75 Å². The molecular formula is C8H17NO3S. The summed E-state index contributed by atoms with van der Waals surface area (Å²) in [5.74, 6) is 0.339. The topological polar surface area (TPSA) is 80.4 Å². The Morgan fingerprint density at radius 1 is 1.62 bits per heavy atom. The minimum Gasteiger partial charge on any atom is -0.330 e. The Hall–Kier alpha value is -0.130. The average Bonchev–Trinajstić information content (AvgIpc) is 2.29. The molecule has 1 fully saturated rings. The first kappa shape index (κ1) is 10.9. The second kappa shape index (κ2) is 3.55. The summed E-state index contributed by atoms with van der Waals surface area (Å²) in [6.07, 6.45) is 2.63. The Balaban J connectivity index is 2.72. The second-order valence-electron chi connectivity index (χ2n) is 4.28. The predicted octanol–water partition coefficient (Wildman–Crippen LogP) is 0.639. The average molecular weight is 207 g/mol. The SMILES string of the molecule is C[C@@H]1CC[C@](CN)(CS(=O)(=O)O)C1. The van der Waals surface area contributed by atoms with Gasteiger partial charge in [-0.2, -0.15) is 8.42 Å². The largest absolute Gasteiger partial charge is 0.330 e. The van der Waals surface area contributed by atoms with Crippen molar-refractivity contribution in [2.45, 2.75) is 26.2 Å². The molecule has 0 aromatic rings. The molecule has 0 aliphatic heterocycles. The molecule has 0 heterocycles. The minimum absolute atomic E-state index is 0.180. The standard InChI is InChI=1S/C8H17NO3S/c1-7-2-3-8(4-7,5-9)6-13(10,11)12/h7H,2-6,9H2,1H3,(H,10,11,12)/t7-,8+/m1/s1. The second-order valence-corrected chi connectivity index (χ2v) is 5.73. The van der Waals surface area contributed by atoms with Crippen LogP contribution in [0.1, 0.15) is 26.2 Å². The zero-order valence-corrected chi connectivity index (χ0v) is 8.68. The van der Waals surface area contributed by atoms with E-state index in [-0.39, 0.29) is 11.2 Å². The van der Waals surface area contributed by atoms with Gasteiger partial charge in [-0.05, 0) is 30.7 Å². The van der Waals surface area contributed by atoms with E-state index in [1.54, 1.807) is 0 Å². The molecule has 78 valence electrons. The highest BCUT2D eigenvalue weighted by Crippen LogP contribution is 2.41. The van der Waals surface area contributed by atoms with E-state index >= 15 is 0 Å². The third kappa shape index (κ3) is 2.93. The summed E-state index contributed by atoms with van der Waals surface area (Å²) >= 11 is 0. The summed E-state index contributed by atoms with van der Waals surface area (Å²) < 4.78 is 30.3. The van der Waals surface area contributed by atoms with Crippen molar-refractivity contribution in [3.63, 3.8) is 0 Å². The van der Waals surface area contributed by atoms with Crippen LogP contribution in [0.15, 0.2) is 0 Å². The summed E-state index contributed by atoms with van der Waals surface area (Å²) in [5.41, 5.74) is 5.19. The molecule has 5 heteroatoms. The molecule has 13 heavy (non-hydrogen) atoms. The van der Waals surface area contributed by atoms with Crippen molar-refractivity contribution >= 4 is 10.1 Å².